The molecule has 0 saturated carbocycles. The van der Waals surface area contributed by atoms with Crippen molar-refractivity contribution in [1.29, 1.82) is 0 Å². The van der Waals surface area contributed by atoms with E-state index in [0.717, 1.165) is 25.7 Å². The number of unbranched alkanes of at least 4 members (excludes halogenated alkanes) is 2. The smallest absolute Gasteiger partial charge is 0.305 e. The van der Waals surface area contributed by atoms with E-state index < -0.39 is 0 Å². The van der Waals surface area contributed by atoms with Crippen LogP contribution in [0.2, 0.25) is 0 Å². The summed E-state index contributed by atoms with van der Waals surface area (Å²) in [7, 11) is 0. The van der Waals surface area contributed by atoms with E-state index in [2.05, 4.69) is 27.7 Å². The zero-order valence-corrected chi connectivity index (χ0v) is 12.2. The molecule has 17 heavy (non-hydrogen) atoms. The average Bonchev–Trinajstić information content (AvgIpc) is 2.36. The van der Waals surface area contributed by atoms with Crippen molar-refractivity contribution >= 4 is 5.97 Å². The minimum Gasteiger partial charge on any atom is -0.466 e. The Balaban J connectivity index is 3.77. The van der Waals surface area contributed by atoms with Crippen LogP contribution in [0.1, 0.15) is 79.1 Å². The summed E-state index contributed by atoms with van der Waals surface area (Å²) >= 11 is 0. The van der Waals surface area contributed by atoms with Gasteiger partial charge in [0.15, 0.2) is 0 Å². The molecule has 0 amide bonds. The Morgan fingerprint density at radius 3 is 2.06 bits per heavy atom. The van der Waals surface area contributed by atoms with Gasteiger partial charge in [-0.25, -0.2) is 0 Å². The van der Waals surface area contributed by atoms with Crippen molar-refractivity contribution in [2.24, 2.45) is 5.41 Å². The zero-order chi connectivity index (χ0) is 13.1. The number of ether oxygens (including phenoxy) is 1. The third-order valence-electron chi connectivity index (χ3n) is 4.13. The third kappa shape index (κ3) is 6.70. The maximum Gasteiger partial charge on any atom is 0.305 e. The van der Waals surface area contributed by atoms with Crippen LogP contribution in [0, 0.1) is 5.41 Å². The van der Waals surface area contributed by atoms with E-state index in [1.165, 1.54) is 19.3 Å². The first-order valence-electron chi connectivity index (χ1n) is 7.29. The maximum atomic E-state index is 11.4. The van der Waals surface area contributed by atoms with Gasteiger partial charge in [0, 0.05) is 6.42 Å². The summed E-state index contributed by atoms with van der Waals surface area (Å²) in [4.78, 5) is 11.4. The predicted molar refractivity (Wildman–Crippen MR) is 73.0 cm³/mol. The maximum absolute atomic E-state index is 11.4. The molecule has 0 heterocycles. The summed E-state index contributed by atoms with van der Waals surface area (Å²) in [5, 5.41) is 0. The Morgan fingerprint density at radius 1 is 1.00 bits per heavy atom. The highest BCUT2D eigenvalue weighted by molar-refractivity contribution is 5.69. The lowest BCUT2D eigenvalue weighted by Crippen LogP contribution is -2.21. The molecule has 0 aromatic rings. The molecule has 0 aliphatic rings. The molecule has 0 aliphatic carbocycles. The number of rotatable bonds is 10. The van der Waals surface area contributed by atoms with E-state index in [1.807, 2.05) is 0 Å². The van der Waals surface area contributed by atoms with Gasteiger partial charge in [0.1, 0.15) is 0 Å². The van der Waals surface area contributed by atoms with E-state index in [0.29, 0.717) is 18.4 Å². The number of carbonyl (C=O) groups excluding carboxylic acids is 1. The van der Waals surface area contributed by atoms with Crippen LogP contribution in [0.4, 0.5) is 0 Å². The van der Waals surface area contributed by atoms with E-state index in [1.54, 1.807) is 0 Å². The highest BCUT2D eigenvalue weighted by Gasteiger charge is 2.23. The number of hydrogen-bond acceptors (Lipinski definition) is 2. The van der Waals surface area contributed by atoms with Gasteiger partial charge in [-0.2, -0.15) is 0 Å². The van der Waals surface area contributed by atoms with Crippen LogP contribution < -0.4 is 0 Å². The fraction of sp³-hybridized carbons (Fsp3) is 0.933. The van der Waals surface area contributed by atoms with Gasteiger partial charge in [0.2, 0.25) is 0 Å². The summed E-state index contributed by atoms with van der Waals surface area (Å²) < 4.78 is 5.31. The van der Waals surface area contributed by atoms with Crippen molar-refractivity contribution in [2.75, 3.05) is 6.61 Å². The van der Waals surface area contributed by atoms with E-state index >= 15 is 0 Å². The Morgan fingerprint density at radius 2 is 1.59 bits per heavy atom. The van der Waals surface area contributed by atoms with Gasteiger partial charge in [0.25, 0.3) is 0 Å². The second kappa shape index (κ2) is 9.49. The van der Waals surface area contributed by atoms with Crippen LogP contribution in [0.3, 0.4) is 0 Å². The van der Waals surface area contributed by atoms with Gasteiger partial charge in [-0.3, -0.25) is 4.79 Å². The van der Waals surface area contributed by atoms with E-state index in [9.17, 15) is 4.79 Å². The lowest BCUT2D eigenvalue weighted by Gasteiger charge is -2.30. The summed E-state index contributed by atoms with van der Waals surface area (Å²) in [6, 6.07) is 0. The molecule has 0 saturated heterocycles. The fourth-order valence-electron chi connectivity index (χ4n) is 2.25. The van der Waals surface area contributed by atoms with Crippen molar-refractivity contribution in [1.82, 2.24) is 0 Å². The van der Waals surface area contributed by atoms with E-state index in [4.69, 9.17) is 4.74 Å². The van der Waals surface area contributed by atoms with Crippen molar-refractivity contribution in [3.63, 3.8) is 0 Å². The first-order chi connectivity index (χ1) is 8.14. The molecular formula is C15H30O2. The van der Waals surface area contributed by atoms with Crippen LogP contribution in [-0.4, -0.2) is 12.6 Å². The van der Waals surface area contributed by atoms with Crippen LogP contribution in [0.15, 0.2) is 0 Å². The Labute approximate surface area is 107 Å². The van der Waals surface area contributed by atoms with Crippen molar-refractivity contribution in [3.8, 4) is 0 Å². The molecule has 0 spiro atoms. The predicted octanol–water partition coefficient (Wildman–Crippen LogP) is 4.72. The molecule has 0 N–H and O–H groups in total. The number of hydrogen-bond donors (Lipinski definition) is 0. The lowest BCUT2D eigenvalue weighted by molar-refractivity contribution is -0.144. The van der Waals surface area contributed by atoms with Gasteiger partial charge in [-0.15, -0.1) is 0 Å². The highest BCUT2D eigenvalue weighted by atomic mass is 16.5. The van der Waals surface area contributed by atoms with Crippen LogP contribution in [0.25, 0.3) is 0 Å². The molecule has 0 atom stereocenters. The topological polar surface area (TPSA) is 26.3 Å². The summed E-state index contributed by atoms with van der Waals surface area (Å²) in [5.41, 5.74) is 0.379. The van der Waals surface area contributed by atoms with Gasteiger partial charge in [-0.05, 0) is 18.3 Å². The Bertz CT molecular complexity index is 187. The second-order valence-electron chi connectivity index (χ2n) is 4.99. The lowest BCUT2D eigenvalue weighted by atomic mass is 9.77. The van der Waals surface area contributed by atoms with Crippen LogP contribution >= 0.6 is 0 Å². The van der Waals surface area contributed by atoms with E-state index in [-0.39, 0.29) is 5.97 Å². The van der Waals surface area contributed by atoms with Crippen molar-refractivity contribution in [3.05, 3.63) is 0 Å². The normalized spacial score (nSPS) is 11.5. The first kappa shape index (κ1) is 16.5. The van der Waals surface area contributed by atoms with Gasteiger partial charge in [0.05, 0.1) is 6.61 Å². The average molecular weight is 242 g/mol. The summed E-state index contributed by atoms with van der Waals surface area (Å²) in [6.07, 6.45) is 8.36. The minimum absolute atomic E-state index is 0.0179. The second-order valence-corrected chi connectivity index (χ2v) is 4.99. The third-order valence-corrected chi connectivity index (χ3v) is 4.13. The van der Waals surface area contributed by atoms with Crippen molar-refractivity contribution < 1.29 is 9.53 Å². The minimum atomic E-state index is -0.0179. The fourth-order valence-corrected chi connectivity index (χ4v) is 2.25. The molecule has 0 unspecified atom stereocenters. The Kier molecular flexibility index (Phi) is 9.20. The number of carbonyl (C=O) groups is 1. The Hall–Kier alpha value is -0.530. The molecular weight excluding hydrogens is 212 g/mol. The monoisotopic (exact) mass is 242 g/mol. The van der Waals surface area contributed by atoms with Gasteiger partial charge in [-0.1, -0.05) is 59.8 Å². The summed E-state index contributed by atoms with van der Waals surface area (Å²) in [5.74, 6) is -0.0179. The molecule has 0 aromatic heterocycles. The molecule has 2 heteroatoms. The SMILES string of the molecule is CCCCCC(=O)OCCC(CC)(CC)CC. The van der Waals surface area contributed by atoms with Gasteiger partial charge < -0.3 is 4.74 Å². The molecule has 0 bridgehead atoms. The van der Waals surface area contributed by atoms with Crippen LogP contribution in [-0.2, 0) is 9.53 Å². The largest absolute Gasteiger partial charge is 0.466 e. The zero-order valence-electron chi connectivity index (χ0n) is 12.2. The van der Waals surface area contributed by atoms with Crippen molar-refractivity contribution in [2.45, 2.75) is 79.1 Å². The molecule has 0 radical (unpaired) electrons. The molecule has 102 valence electrons. The summed E-state index contributed by atoms with van der Waals surface area (Å²) in [6.45, 7) is 9.44. The standard InChI is InChI=1S/C15H30O2/c1-5-9-10-11-14(16)17-13-12-15(6-2,7-3)8-4/h5-13H2,1-4H3. The quantitative estimate of drug-likeness (QED) is 0.409. The number of esters is 1. The molecule has 0 fully saturated rings. The van der Waals surface area contributed by atoms with Crippen LogP contribution in [0.5, 0.6) is 0 Å². The molecule has 0 rings (SSSR count). The molecule has 0 aromatic carbocycles. The highest BCUT2D eigenvalue weighted by Crippen LogP contribution is 2.34. The molecule has 2 nitrogen and oxygen atoms in total. The first-order valence-corrected chi connectivity index (χ1v) is 7.29. The van der Waals surface area contributed by atoms with Gasteiger partial charge >= 0.3 is 5.97 Å². The molecule has 0 aliphatic heterocycles.